The summed E-state index contributed by atoms with van der Waals surface area (Å²) in [6.07, 6.45) is 6.05. The van der Waals surface area contributed by atoms with Crippen LogP contribution in [0.5, 0.6) is 28.9 Å². The molecule has 1 fully saturated rings. The van der Waals surface area contributed by atoms with Gasteiger partial charge in [0.25, 0.3) is 0 Å². The van der Waals surface area contributed by atoms with Crippen molar-refractivity contribution < 1.29 is 23.7 Å². The molecule has 0 unspecified atom stereocenters. The molecule has 2 heterocycles. The average molecular weight is 783 g/mol. The van der Waals surface area contributed by atoms with Crippen LogP contribution in [0.2, 0.25) is 5.02 Å². The van der Waals surface area contributed by atoms with Crippen LogP contribution in [0.15, 0.2) is 109 Å². The monoisotopic (exact) mass is 781 g/mol. The molecule has 6 rings (SSSR count). The molecular formula is C45H49Cl2N3O5. The molecule has 0 atom stereocenters. The third-order valence-electron chi connectivity index (χ3n) is 9.08. The maximum Gasteiger partial charge on any atom is 0.246 e. The van der Waals surface area contributed by atoms with E-state index in [2.05, 4.69) is 53.2 Å². The van der Waals surface area contributed by atoms with Crippen molar-refractivity contribution >= 4 is 36.0 Å². The van der Waals surface area contributed by atoms with Gasteiger partial charge in [-0.05, 0) is 104 Å². The largest absolute Gasteiger partial charge is 0.493 e. The SMILES string of the molecule is Cc1ccc(COc2ccc(Oc3c(C)cc(C=CC(=O)N4CCN(Cc5ccc(CCOc6ccc(OC(C)C)cc6)cc5)CC4)cc3Cl)nc2)cc1.Cl. The van der Waals surface area contributed by atoms with Gasteiger partial charge < -0.3 is 23.8 Å². The van der Waals surface area contributed by atoms with Gasteiger partial charge >= 0.3 is 0 Å². The number of piperazine rings is 1. The maximum absolute atomic E-state index is 13.1. The second kappa shape index (κ2) is 20.1. The Bertz CT molecular complexity index is 1970. The zero-order valence-electron chi connectivity index (χ0n) is 31.9. The number of aromatic nitrogens is 1. The van der Waals surface area contributed by atoms with E-state index in [1.807, 2.05) is 74.2 Å². The summed E-state index contributed by atoms with van der Waals surface area (Å²) in [4.78, 5) is 21.8. The van der Waals surface area contributed by atoms with E-state index in [1.165, 1.54) is 16.7 Å². The van der Waals surface area contributed by atoms with Crippen LogP contribution >= 0.6 is 24.0 Å². The van der Waals surface area contributed by atoms with Gasteiger partial charge in [-0.15, -0.1) is 12.4 Å². The topological polar surface area (TPSA) is 73.4 Å². The molecule has 0 bridgehead atoms. The molecule has 1 amide bonds. The second-order valence-electron chi connectivity index (χ2n) is 13.8. The molecule has 0 N–H and O–H groups in total. The second-order valence-corrected chi connectivity index (χ2v) is 14.3. The summed E-state index contributed by atoms with van der Waals surface area (Å²) < 4.78 is 23.5. The van der Waals surface area contributed by atoms with E-state index in [0.717, 1.165) is 54.2 Å². The number of hydrogen-bond donors (Lipinski definition) is 0. The molecule has 0 spiro atoms. The van der Waals surface area contributed by atoms with Gasteiger partial charge in [0.2, 0.25) is 11.8 Å². The number of benzene rings is 4. The van der Waals surface area contributed by atoms with Crippen molar-refractivity contribution in [3.8, 4) is 28.9 Å². The highest BCUT2D eigenvalue weighted by atomic mass is 35.5. The number of amides is 1. The first-order valence-corrected chi connectivity index (χ1v) is 18.8. The lowest BCUT2D eigenvalue weighted by Crippen LogP contribution is -2.47. The summed E-state index contributed by atoms with van der Waals surface area (Å²) in [6.45, 7) is 12.9. The molecule has 0 saturated carbocycles. The van der Waals surface area contributed by atoms with Crippen molar-refractivity contribution in [2.45, 2.75) is 53.4 Å². The van der Waals surface area contributed by atoms with E-state index in [1.54, 1.807) is 30.5 Å². The van der Waals surface area contributed by atoms with Crippen molar-refractivity contribution in [1.82, 2.24) is 14.8 Å². The number of aryl methyl sites for hydroxylation is 2. The van der Waals surface area contributed by atoms with Crippen LogP contribution in [0.3, 0.4) is 0 Å². The third-order valence-corrected chi connectivity index (χ3v) is 9.36. The summed E-state index contributed by atoms with van der Waals surface area (Å²) in [7, 11) is 0. The first-order valence-electron chi connectivity index (χ1n) is 18.5. The highest BCUT2D eigenvalue weighted by Crippen LogP contribution is 2.34. The lowest BCUT2D eigenvalue weighted by molar-refractivity contribution is -0.127. The Morgan fingerprint density at radius 2 is 1.45 bits per heavy atom. The predicted octanol–water partition coefficient (Wildman–Crippen LogP) is 9.91. The summed E-state index contributed by atoms with van der Waals surface area (Å²) in [6, 6.07) is 32.0. The predicted molar refractivity (Wildman–Crippen MR) is 222 cm³/mol. The van der Waals surface area contributed by atoms with Crippen LogP contribution in [0.25, 0.3) is 6.08 Å². The fourth-order valence-electron chi connectivity index (χ4n) is 6.09. The molecule has 288 valence electrons. The Balaban J connectivity index is 0.00000580. The Morgan fingerprint density at radius 3 is 2.11 bits per heavy atom. The number of nitrogens with zero attached hydrogens (tertiary/aromatic N) is 3. The lowest BCUT2D eigenvalue weighted by atomic mass is 10.1. The minimum Gasteiger partial charge on any atom is -0.493 e. The highest BCUT2D eigenvalue weighted by Gasteiger charge is 2.20. The smallest absolute Gasteiger partial charge is 0.246 e. The Morgan fingerprint density at radius 1 is 0.800 bits per heavy atom. The molecule has 0 radical (unpaired) electrons. The van der Waals surface area contributed by atoms with Crippen LogP contribution in [0, 0.1) is 13.8 Å². The van der Waals surface area contributed by atoms with E-state index in [-0.39, 0.29) is 24.4 Å². The number of hydrogen-bond acceptors (Lipinski definition) is 7. The minimum atomic E-state index is -0.0101. The summed E-state index contributed by atoms with van der Waals surface area (Å²) in [5.74, 6) is 3.26. The molecule has 5 aromatic rings. The lowest BCUT2D eigenvalue weighted by Gasteiger charge is -2.34. The van der Waals surface area contributed by atoms with Gasteiger partial charge in [-0.25, -0.2) is 4.98 Å². The van der Waals surface area contributed by atoms with E-state index in [4.69, 9.17) is 30.5 Å². The Hall–Kier alpha value is -5.02. The first-order chi connectivity index (χ1) is 26.2. The Kier molecular flexibility index (Phi) is 15.0. The quantitative estimate of drug-likeness (QED) is 0.0980. The number of carbonyl (C=O) groups is 1. The Labute approximate surface area is 336 Å². The first kappa shape index (κ1) is 41.1. The molecule has 0 aliphatic carbocycles. The summed E-state index contributed by atoms with van der Waals surface area (Å²) in [5, 5.41) is 0.442. The van der Waals surface area contributed by atoms with Crippen molar-refractivity contribution in [2.75, 3.05) is 32.8 Å². The van der Waals surface area contributed by atoms with Crippen molar-refractivity contribution in [1.29, 1.82) is 0 Å². The molecular weight excluding hydrogens is 733 g/mol. The van der Waals surface area contributed by atoms with Gasteiger partial charge in [-0.1, -0.05) is 65.7 Å². The number of pyridine rings is 1. The van der Waals surface area contributed by atoms with E-state index in [9.17, 15) is 4.79 Å². The normalized spacial score (nSPS) is 13.1. The summed E-state index contributed by atoms with van der Waals surface area (Å²) in [5.41, 5.74) is 6.46. The molecule has 1 aromatic heterocycles. The number of rotatable bonds is 15. The van der Waals surface area contributed by atoms with E-state index < -0.39 is 0 Å². The number of ether oxygens (including phenoxy) is 4. The van der Waals surface area contributed by atoms with Crippen LogP contribution in [0.4, 0.5) is 0 Å². The molecule has 10 heteroatoms. The van der Waals surface area contributed by atoms with Gasteiger partial charge in [0.1, 0.15) is 23.9 Å². The van der Waals surface area contributed by atoms with Crippen molar-refractivity contribution in [3.63, 3.8) is 0 Å². The molecule has 1 aliphatic rings. The van der Waals surface area contributed by atoms with Crippen molar-refractivity contribution in [2.24, 2.45) is 0 Å². The molecule has 1 aliphatic heterocycles. The highest BCUT2D eigenvalue weighted by molar-refractivity contribution is 6.32. The van der Waals surface area contributed by atoms with Crippen LogP contribution in [-0.2, 0) is 24.4 Å². The van der Waals surface area contributed by atoms with Crippen molar-refractivity contribution in [3.05, 3.63) is 148 Å². The third kappa shape index (κ3) is 12.5. The fraction of sp³-hybridized carbons (Fsp3) is 0.289. The van der Waals surface area contributed by atoms with Gasteiger partial charge in [0.15, 0.2) is 5.75 Å². The van der Waals surface area contributed by atoms with Crippen LogP contribution in [-0.4, -0.2) is 59.6 Å². The molecule has 1 saturated heterocycles. The zero-order valence-corrected chi connectivity index (χ0v) is 33.4. The zero-order chi connectivity index (χ0) is 37.9. The van der Waals surface area contributed by atoms with E-state index in [0.29, 0.717) is 48.7 Å². The minimum absolute atomic E-state index is 0. The van der Waals surface area contributed by atoms with E-state index >= 15 is 0 Å². The van der Waals surface area contributed by atoms with Gasteiger partial charge in [-0.2, -0.15) is 0 Å². The average Bonchev–Trinajstić information content (AvgIpc) is 3.17. The fourth-order valence-corrected chi connectivity index (χ4v) is 6.41. The van der Waals surface area contributed by atoms with Gasteiger partial charge in [0, 0.05) is 51.3 Å². The molecule has 4 aromatic carbocycles. The number of halogens is 2. The summed E-state index contributed by atoms with van der Waals surface area (Å²) >= 11 is 6.64. The van der Waals surface area contributed by atoms with Crippen LogP contribution < -0.4 is 18.9 Å². The molecule has 8 nitrogen and oxygen atoms in total. The standard InChI is InChI=1S/C45H48ClN3O5.ClH/c1-32(2)53-40-16-14-39(15-17-40)51-26-21-35-9-11-36(12-10-35)30-48-22-24-49(25-23-48)44(50)20-13-38-27-34(4)45(42(46)28-38)54-43-19-18-41(29-47-43)52-31-37-7-5-33(3)6-8-37;/h5-20,27-29,32H,21-26,30-31H2,1-4H3;1H. The number of carbonyl (C=O) groups excluding carboxylic acids is 1. The van der Waals surface area contributed by atoms with Gasteiger partial charge in [0.05, 0.1) is 23.9 Å². The van der Waals surface area contributed by atoms with Crippen LogP contribution in [0.1, 0.15) is 47.2 Å². The molecule has 55 heavy (non-hydrogen) atoms. The maximum atomic E-state index is 13.1. The van der Waals surface area contributed by atoms with Gasteiger partial charge in [-0.3, -0.25) is 9.69 Å².